The van der Waals surface area contributed by atoms with Gasteiger partial charge in [0.2, 0.25) is 0 Å². The van der Waals surface area contributed by atoms with E-state index in [-0.39, 0.29) is 11.3 Å². The van der Waals surface area contributed by atoms with Gasteiger partial charge < -0.3 is 4.74 Å². The second-order valence-corrected chi connectivity index (χ2v) is 4.24. The summed E-state index contributed by atoms with van der Waals surface area (Å²) in [6.45, 7) is 0. The fraction of sp³-hybridized carbons (Fsp3) is 0. The molecule has 0 aliphatic heterocycles. The van der Waals surface area contributed by atoms with Crippen LogP contribution in [0.5, 0.6) is 11.5 Å². The molecule has 0 saturated carbocycles. The Morgan fingerprint density at radius 2 is 1.94 bits per heavy atom. The Kier molecular flexibility index (Phi) is 3.54. The molecule has 0 unspecified atom stereocenters. The van der Waals surface area contributed by atoms with Crippen LogP contribution in [-0.4, -0.2) is 6.29 Å². The molecule has 4 heteroatoms. The number of benzene rings is 2. The van der Waals surface area contributed by atoms with Gasteiger partial charge in [0.05, 0.1) is 5.56 Å². The number of carbonyl (C=O) groups is 1. The first-order valence-corrected chi connectivity index (χ1v) is 5.67. The summed E-state index contributed by atoms with van der Waals surface area (Å²) in [6.07, 6.45) is 0.447. The van der Waals surface area contributed by atoms with E-state index in [0.717, 1.165) is 4.47 Å². The summed E-state index contributed by atoms with van der Waals surface area (Å²) in [6, 6.07) is 11.4. The minimum atomic E-state index is -0.590. The Morgan fingerprint density at radius 1 is 1.18 bits per heavy atom. The third-order valence-electron chi connectivity index (χ3n) is 2.15. The minimum absolute atomic E-state index is 0.0764. The van der Waals surface area contributed by atoms with E-state index in [9.17, 15) is 9.18 Å². The fourth-order valence-electron chi connectivity index (χ4n) is 1.38. The molecule has 0 saturated heterocycles. The zero-order valence-corrected chi connectivity index (χ0v) is 10.3. The predicted molar refractivity (Wildman–Crippen MR) is 66.0 cm³/mol. The van der Waals surface area contributed by atoms with E-state index in [4.69, 9.17) is 4.74 Å². The van der Waals surface area contributed by atoms with Crippen molar-refractivity contribution >= 4 is 22.2 Å². The van der Waals surface area contributed by atoms with Gasteiger partial charge in [-0.25, -0.2) is 4.39 Å². The molecule has 0 atom stereocenters. The van der Waals surface area contributed by atoms with E-state index in [0.29, 0.717) is 12.0 Å². The second kappa shape index (κ2) is 5.10. The van der Waals surface area contributed by atoms with E-state index in [2.05, 4.69) is 15.9 Å². The van der Waals surface area contributed by atoms with Gasteiger partial charge in [0.25, 0.3) is 0 Å². The molecule has 17 heavy (non-hydrogen) atoms. The molecule has 0 bridgehead atoms. The van der Waals surface area contributed by atoms with Crippen molar-refractivity contribution < 1.29 is 13.9 Å². The summed E-state index contributed by atoms with van der Waals surface area (Å²) in [5.74, 6) is 0.152. The molecule has 0 N–H and O–H groups in total. The van der Waals surface area contributed by atoms with Gasteiger partial charge in [-0.05, 0) is 30.3 Å². The lowest BCUT2D eigenvalue weighted by Crippen LogP contribution is -1.93. The molecule has 86 valence electrons. The van der Waals surface area contributed by atoms with Crippen molar-refractivity contribution in [3.05, 3.63) is 58.3 Å². The number of hydrogen-bond acceptors (Lipinski definition) is 2. The highest BCUT2D eigenvalue weighted by Crippen LogP contribution is 2.27. The summed E-state index contributed by atoms with van der Waals surface area (Å²) < 4.78 is 19.6. The normalized spacial score (nSPS) is 10.0. The highest BCUT2D eigenvalue weighted by atomic mass is 79.9. The summed E-state index contributed by atoms with van der Waals surface area (Å²) in [4.78, 5) is 10.8. The zero-order valence-electron chi connectivity index (χ0n) is 8.69. The van der Waals surface area contributed by atoms with Crippen LogP contribution in [0.1, 0.15) is 10.4 Å². The van der Waals surface area contributed by atoms with Crippen molar-refractivity contribution in [3.63, 3.8) is 0 Å². The van der Waals surface area contributed by atoms with Crippen LogP contribution in [-0.2, 0) is 0 Å². The third kappa shape index (κ3) is 2.71. The maximum atomic E-state index is 13.3. The third-order valence-corrected chi connectivity index (χ3v) is 2.65. The fourth-order valence-corrected chi connectivity index (χ4v) is 1.76. The van der Waals surface area contributed by atoms with Crippen molar-refractivity contribution in [2.24, 2.45) is 0 Å². The van der Waals surface area contributed by atoms with Crippen LogP contribution in [0.4, 0.5) is 4.39 Å². The second-order valence-electron chi connectivity index (χ2n) is 3.33. The summed E-state index contributed by atoms with van der Waals surface area (Å²) >= 11 is 3.30. The van der Waals surface area contributed by atoms with E-state index in [1.807, 2.05) is 6.07 Å². The molecule has 2 rings (SSSR count). The number of aldehydes is 1. The highest BCUT2D eigenvalue weighted by molar-refractivity contribution is 9.10. The van der Waals surface area contributed by atoms with Crippen LogP contribution in [0.2, 0.25) is 0 Å². The standard InChI is InChI=1S/C13H8BrFO2/c14-9-3-1-4-10(7-9)17-13-6-2-5-12(15)11(13)8-16/h1-8H. The molecule has 0 amide bonds. The Morgan fingerprint density at radius 3 is 2.65 bits per heavy atom. The molecule has 0 aliphatic rings. The quantitative estimate of drug-likeness (QED) is 0.793. The van der Waals surface area contributed by atoms with Gasteiger partial charge in [0.15, 0.2) is 6.29 Å². The smallest absolute Gasteiger partial charge is 0.156 e. The van der Waals surface area contributed by atoms with Crippen molar-refractivity contribution in [1.82, 2.24) is 0 Å². The van der Waals surface area contributed by atoms with Crippen molar-refractivity contribution in [2.45, 2.75) is 0 Å². The lowest BCUT2D eigenvalue weighted by Gasteiger charge is -2.08. The van der Waals surface area contributed by atoms with E-state index in [1.165, 1.54) is 12.1 Å². The first kappa shape index (κ1) is 11.8. The van der Waals surface area contributed by atoms with Gasteiger partial charge >= 0.3 is 0 Å². The first-order chi connectivity index (χ1) is 8.20. The van der Waals surface area contributed by atoms with Crippen LogP contribution in [0.15, 0.2) is 46.9 Å². The average molecular weight is 295 g/mol. The molecular formula is C13H8BrFO2. The van der Waals surface area contributed by atoms with Crippen molar-refractivity contribution in [1.29, 1.82) is 0 Å². The van der Waals surface area contributed by atoms with Crippen LogP contribution in [0.3, 0.4) is 0 Å². The molecule has 0 fully saturated rings. The molecule has 0 heterocycles. The minimum Gasteiger partial charge on any atom is -0.456 e. The maximum absolute atomic E-state index is 13.3. The van der Waals surface area contributed by atoms with Gasteiger partial charge in [-0.2, -0.15) is 0 Å². The van der Waals surface area contributed by atoms with Crippen molar-refractivity contribution in [2.75, 3.05) is 0 Å². The molecule has 0 aromatic heterocycles. The van der Waals surface area contributed by atoms with Gasteiger partial charge in [0.1, 0.15) is 17.3 Å². The number of hydrogen-bond donors (Lipinski definition) is 0. The van der Waals surface area contributed by atoms with Gasteiger partial charge in [0, 0.05) is 4.47 Å². The first-order valence-electron chi connectivity index (χ1n) is 4.88. The lowest BCUT2D eigenvalue weighted by atomic mass is 10.2. The van der Waals surface area contributed by atoms with E-state index >= 15 is 0 Å². The number of rotatable bonds is 3. The molecule has 0 radical (unpaired) electrons. The number of carbonyl (C=O) groups excluding carboxylic acids is 1. The van der Waals surface area contributed by atoms with Crippen LogP contribution < -0.4 is 4.74 Å². The van der Waals surface area contributed by atoms with Crippen LogP contribution in [0, 0.1) is 5.82 Å². The molecular weight excluding hydrogens is 287 g/mol. The zero-order chi connectivity index (χ0) is 12.3. The van der Waals surface area contributed by atoms with Crippen LogP contribution in [0.25, 0.3) is 0 Å². The Labute approximate surface area is 106 Å². The Balaban J connectivity index is 2.36. The largest absolute Gasteiger partial charge is 0.456 e. The molecule has 0 spiro atoms. The lowest BCUT2D eigenvalue weighted by molar-refractivity contribution is 0.111. The van der Waals surface area contributed by atoms with E-state index < -0.39 is 5.82 Å². The number of ether oxygens (including phenoxy) is 1. The van der Waals surface area contributed by atoms with Crippen LogP contribution >= 0.6 is 15.9 Å². The Bertz CT molecular complexity index is 555. The highest BCUT2D eigenvalue weighted by Gasteiger charge is 2.09. The summed E-state index contributed by atoms with van der Waals surface area (Å²) in [5, 5.41) is 0. The topological polar surface area (TPSA) is 26.3 Å². The SMILES string of the molecule is O=Cc1c(F)cccc1Oc1cccc(Br)c1. The number of halogens is 2. The Hall–Kier alpha value is -1.68. The molecule has 0 aliphatic carbocycles. The predicted octanol–water partition coefficient (Wildman–Crippen LogP) is 4.19. The van der Waals surface area contributed by atoms with Crippen molar-refractivity contribution in [3.8, 4) is 11.5 Å². The molecule has 2 aromatic carbocycles. The van der Waals surface area contributed by atoms with Gasteiger partial charge in [-0.1, -0.05) is 28.1 Å². The van der Waals surface area contributed by atoms with E-state index in [1.54, 1.807) is 24.3 Å². The summed E-state index contributed by atoms with van der Waals surface area (Å²) in [7, 11) is 0. The summed E-state index contributed by atoms with van der Waals surface area (Å²) in [5.41, 5.74) is -0.0764. The molecule has 2 aromatic rings. The maximum Gasteiger partial charge on any atom is 0.156 e. The average Bonchev–Trinajstić information content (AvgIpc) is 2.29. The monoisotopic (exact) mass is 294 g/mol. The van der Waals surface area contributed by atoms with Gasteiger partial charge in [-0.15, -0.1) is 0 Å². The van der Waals surface area contributed by atoms with Gasteiger partial charge in [-0.3, -0.25) is 4.79 Å². The molecule has 2 nitrogen and oxygen atoms in total.